The summed E-state index contributed by atoms with van der Waals surface area (Å²) in [6.45, 7) is 3.32. The number of nitrogens with one attached hydrogen (secondary N) is 1. The van der Waals surface area contributed by atoms with Gasteiger partial charge in [0.1, 0.15) is 5.82 Å². The highest BCUT2D eigenvalue weighted by Gasteiger charge is 2.24. The van der Waals surface area contributed by atoms with Gasteiger partial charge in [0.15, 0.2) is 0 Å². The molecular weight excluding hydrogens is 364 g/mol. The van der Waals surface area contributed by atoms with Gasteiger partial charge in [0, 0.05) is 43.8 Å². The summed E-state index contributed by atoms with van der Waals surface area (Å²) in [6, 6.07) is 5.86. The van der Waals surface area contributed by atoms with Crippen LogP contribution in [0.15, 0.2) is 24.4 Å². The van der Waals surface area contributed by atoms with Gasteiger partial charge in [0.25, 0.3) is 0 Å². The summed E-state index contributed by atoms with van der Waals surface area (Å²) in [5.74, 6) is 1.52. The number of piperidine rings is 1. The van der Waals surface area contributed by atoms with Gasteiger partial charge in [-0.15, -0.1) is 0 Å². The molecule has 0 atom stereocenters. The first-order chi connectivity index (χ1) is 13.2. The molecule has 2 aliphatic rings. The third-order valence-electron chi connectivity index (χ3n) is 5.49. The number of anilines is 1. The van der Waals surface area contributed by atoms with E-state index in [0.29, 0.717) is 17.4 Å². The summed E-state index contributed by atoms with van der Waals surface area (Å²) in [7, 11) is 0. The number of nitrogens with zero attached hydrogens (tertiary/aromatic N) is 3. The molecule has 2 saturated heterocycles. The molecule has 1 aromatic heterocycles. The maximum absolute atomic E-state index is 12.3. The lowest BCUT2D eigenvalue weighted by molar-refractivity contribution is -0.123. The molecule has 4 rings (SSSR count). The minimum absolute atomic E-state index is 0.183. The van der Waals surface area contributed by atoms with Crippen molar-refractivity contribution in [2.75, 3.05) is 31.2 Å². The normalized spacial score (nSPS) is 19.4. The van der Waals surface area contributed by atoms with Crippen LogP contribution in [0, 0.1) is 5.92 Å². The fraction of sp³-hybridized carbons (Fsp3) is 0.550. The van der Waals surface area contributed by atoms with Crippen molar-refractivity contribution >= 4 is 34.4 Å². The van der Waals surface area contributed by atoms with Crippen LogP contribution in [0.4, 0.5) is 5.82 Å². The van der Waals surface area contributed by atoms with Crippen LogP contribution < -0.4 is 10.2 Å². The number of fused-ring (bicyclic) bond motifs is 1. The molecule has 0 unspecified atom stereocenters. The van der Waals surface area contributed by atoms with E-state index in [1.54, 1.807) is 0 Å². The van der Waals surface area contributed by atoms with E-state index < -0.39 is 0 Å². The molecule has 2 aliphatic heterocycles. The molecule has 7 heteroatoms. The van der Waals surface area contributed by atoms with E-state index >= 15 is 0 Å². The zero-order valence-corrected chi connectivity index (χ0v) is 16.1. The number of rotatable bonds is 4. The second kappa shape index (κ2) is 8.40. The molecule has 3 heterocycles. The maximum Gasteiger partial charge on any atom is 0.220 e. The van der Waals surface area contributed by atoms with E-state index in [1.165, 1.54) is 0 Å². The quantitative estimate of drug-likeness (QED) is 0.871. The Morgan fingerprint density at radius 3 is 2.74 bits per heavy atom. The third-order valence-corrected chi connectivity index (χ3v) is 5.73. The average molecular weight is 389 g/mol. The SMILES string of the molecule is O=C(CC1CCN(c2cnc3cc(Cl)ccc3n2)CC1)NC1CCOCC1. The highest BCUT2D eigenvalue weighted by Crippen LogP contribution is 2.25. The van der Waals surface area contributed by atoms with Crippen molar-refractivity contribution in [2.24, 2.45) is 5.92 Å². The highest BCUT2D eigenvalue weighted by atomic mass is 35.5. The topological polar surface area (TPSA) is 67.4 Å². The molecule has 1 N–H and O–H groups in total. The Morgan fingerprint density at radius 2 is 1.96 bits per heavy atom. The highest BCUT2D eigenvalue weighted by molar-refractivity contribution is 6.31. The number of amides is 1. The smallest absolute Gasteiger partial charge is 0.220 e. The summed E-state index contributed by atoms with van der Waals surface area (Å²) in [5, 5.41) is 3.84. The van der Waals surface area contributed by atoms with Crippen molar-refractivity contribution in [1.29, 1.82) is 0 Å². The van der Waals surface area contributed by atoms with Gasteiger partial charge >= 0.3 is 0 Å². The molecule has 1 aromatic carbocycles. The monoisotopic (exact) mass is 388 g/mol. The second-order valence-electron chi connectivity index (χ2n) is 7.45. The van der Waals surface area contributed by atoms with Crippen LogP contribution >= 0.6 is 11.6 Å². The average Bonchev–Trinajstić information content (AvgIpc) is 2.69. The van der Waals surface area contributed by atoms with Crippen LogP contribution in [0.1, 0.15) is 32.1 Å². The van der Waals surface area contributed by atoms with Crippen molar-refractivity contribution < 1.29 is 9.53 Å². The van der Waals surface area contributed by atoms with Crippen LogP contribution in [-0.2, 0) is 9.53 Å². The Kier molecular flexibility index (Phi) is 5.74. The largest absolute Gasteiger partial charge is 0.381 e. The van der Waals surface area contributed by atoms with Crippen LogP contribution in [-0.4, -0.2) is 48.2 Å². The van der Waals surface area contributed by atoms with Gasteiger partial charge in [-0.05, 0) is 49.8 Å². The van der Waals surface area contributed by atoms with E-state index in [4.69, 9.17) is 21.3 Å². The first-order valence-corrected chi connectivity index (χ1v) is 10.1. The predicted molar refractivity (Wildman–Crippen MR) is 106 cm³/mol. The lowest BCUT2D eigenvalue weighted by atomic mass is 9.93. The Bertz CT molecular complexity index is 802. The first-order valence-electron chi connectivity index (χ1n) is 9.72. The summed E-state index contributed by atoms with van der Waals surface area (Å²) in [6.07, 6.45) is 6.29. The molecule has 27 heavy (non-hydrogen) atoms. The van der Waals surface area contributed by atoms with E-state index in [0.717, 1.165) is 68.8 Å². The third kappa shape index (κ3) is 4.68. The van der Waals surface area contributed by atoms with E-state index in [1.807, 2.05) is 24.4 Å². The zero-order chi connectivity index (χ0) is 18.6. The van der Waals surface area contributed by atoms with Gasteiger partial charge in [0.2, 0.25) is 5.91 Å². The molecule has 2 fully saturated rings. The Hall–Kier alpha value is -1.92. The standard InChI is InChI=1S/C20H25ClN4O2/c21-15-1-2-17-18(12-15)22-13-19(24-17)25-7-3-14(4-8-25)11-20(26)23-16-5-9-27-10-6-16/h1-2,12-14,16H,3-11H2,(H,23,26). The van der Waals surface area contributed by atoms with Crippen molar-refractivity contribution in [3.05, 3.63) is 29.4 Å². The van der Waals surface area contributed by atoms with E-state index in [9.17, 15) is 4.79 Å². The molecule has 0 radical (unpaired) electrons. The van der Waals surface area contributed by atoms with Crippen molar-refractivity contribution in [3.8, 4) is 0 Å². The first kappa shape index (κ1) is 18.4. The van der Waals surface area contributed by atoms with Crippen LogP contribution in [0.5, 0.6) is 0 Å². The van der Waals surface area contributed by atoms with Gasteiger partial charge in [0.05, 0.1) is 17.2 Å². The van der Waals surface area contributed by atoms with Crippen molar-refractivity contribution in [2.45, 2.75) is 38.1 Å². The molecular formula is C20H25ClN4O2. The predicted octanol–water partition coefficient (Wildman–Crippen LogP) is 3.18. The molecule has 2 aromatic rings. The number of hydrogen-bond acceptors (Lipinski definition) is 5. The van der Waals surface area contributed by atoms with Crippen LogP contribution in [0.2, 0.25) is 5.02 Å². The zero-order valence-electron chi connectivity index (χ0n) is 15.4. The molecule has 144 valence electrons. The lowest BCUT2D eigenvalue weighted by Crippen LogP contribution is -2.41. The van der Waals surface area contributed by atoms with Gasteiger partial charge in [-0.1, -0.05) is 11.6 Å². The van der Waals surface area contributed by atoms with Crippen molar-refractivity contribution in [3.63, 3.8) is 0 Å². The number of carbonyl (C=O) groups is 1. The fourth-order valence-electron chi connectivity index (χ4n) is 3.88. The molecule has 0 aliphatic carbocycles. The van der Waals surface area contributed by atoms with Gasteiger partial charge in [-0.2, -0.15) is 0 Å². The minimum atomic E-state index is 0.183. The maximum atomic E-state index is 12.3. The number of benzene rings is 1. The van der Waals surface area contributed by atoms with E-state index in [-0.39, 0.29) is 11.9 Å². The second-order valence-corrected chi connectivity index (χ2v) is 7.89. The fourth-order valence-corrected chi connectivity index (χ4v) is 4.05. The lowest BCUT2D eigenvalue weighted by Gasteiger charge is -2.33. The van der Waals surface area contributed by atoms with E-state index in [2.05, 4.69) is 15.2 Å². The Morgan fingerprint density at radius 1 is 1.19 bits per heavy atom. The number of carbonyl (C=O) groups excluding carboxylic acids is 1. The molecule has 0 bridgehead atoms. The summed E-state index contributed by atoms with van der Waals surface area (Å²) < 4.78 is 5.34. The number of halogens is 1. The van der Waals surface area contributed by atoms with Gasteiger partial charge in [-0.3, -0.25) is 9.78 Å². The Balaban J connectivity index is 1.29. The molecule has 0 saturated carbocycles. The molecule has 6 nitrogen and oxygen atoms in total. The van der Waals surface area contributed by atoms with Gasteiger partial charge < -0.3 is 15.0 Å². The summed E-state index contributed by atoms with van der Waals surface area (Å²) in [5.41, 5.74) is 1.67. The number of ether oxygens (including phenoxy) is 1. The number of hydrogen-bond donors (Lipinski definition) is 1. The number of aromatic nitrogens is 2. The van der Waals surface area contributed by atoms with Gasteiger partial charge in [-0.25, -0.2) is 4.98 Å². The van der Waals surface area contributed by atoms with Crippen LogP contribution in [0.3, 0.4) is 0 Å². The van der Waals surface area contributed by atoms with Crippen LogP contribution in [0.25, 0.3) is 11.0 Å². The minimum Gasteiger partial charge on any atom is -0.381 e. The molecule has 0 spiro atoms. The molecule has 1 amide bonds. The van der Waals surface area contributed by atoms with Crippen molar-refractivity contribution in [1.82, 2.24) is 15.3 Å². The summed E-state index contributed by atoms with van der Waals surface area (Å²) >= 11 is 6.01. The summed E-state index contributed by atoms with van der Waals surface area (Å²) in [4.78, 5) is 23.8. The Labute approximate surface area is 164 Å².